The van der Waals surface area contributed by atoms with Crippen LogP contribution in [0.25, 0.3) is 39.1 Å². The van der Waals surface area contributed by atoms with Crippen molar-refractivity contribution < 1.29 is 0 Å². The number of aliphatic imine (C=N–C) groups is 1. The van der Waals surface area contributed by atoms with E-state index in [2.05, 4.69) is 93.4 Å². The van der Waals surface area contributed by atoms with E-state index < -0.39 is 0 Å². The van der Waals surface area contributed by atoms with E-state index in [0.29, 0.717) is 0 Å². The molecule has 1 aliphatic heterocycles. The Morgan fingerprint density at radius 3 is 2.55 bits per heavy atom. The largest absolute Gasteiger partial charge is 0.295 e. The molecule has 0 amide bonds. The molecule has 5 aromatic rings. The summed E-state index contributed by atoms with van der Waals surface area (Å²) in [6, 6.07) is 27.7. The van der Waals surface area contributed by atoms with Crippen LogP contribution < -0.4 is 0 Å². The molecule has 7 rings (SSSR count). The average Bonchev–Trinajstić information content (AvgIpc) is 3.30. The number of hydrogen-bond acceptors (Lipinski definition) is 3. The van der Waals surface area contributed by atoms with Crippen LogP contribution in [0, 0.1) is 0 Å². The number of rotatable bonds is 2. The summed E-state index contributed by atoms with van der Waals surface area (Å²) in [4.78, 5) is 14.2. The van der Waals surface area contributed by atoms with Crippen LogP contribution in [0.2, 0.25) is 0 Å². The minimum absolute atomic E-state index is 0.144. The van der Waals surface area contributed by atoms with Crippen molar-refractivity contribution in [2.24, 2.45) is 4.99 Å². The molecule has 0 N–H and O–H groups in total. The molecule has 3 aromatic carbocycles. The molecular weight excluding hydrogens is 404 g/mol. The smallest absolute Gasteiger partial charge is 0.145 e. The summed E-state index contributed by atoms with van der Waals surface area (Å²) in [7, 11) is 0. The predicted molar refractivity (Wildman–Crippen MR) is 133 cm³/mol. The number of nitrogens with zero attached hydrogens (tertiary/aromatic N) is 4. The average molecular weight is 425 g/mol. The maximum atomic E-state index is 5.27. The molecule has 2 atom stereocenters. The van der Waals surface area contributed by atoms with Gasteiger partial charge < -0.3 is 0 Å². The quantitative estimate of drug-likeness (QED) is 0.323. The van der Waals surface area contributed by atoms with E-state index >= 15 is 0 Å². The Hall–Kier alpha value is -4.31. The Labute approximate surface area is 191 Å². The Morgan fingerprint density at radius 1 is 0.788 bits per heavy atom. The summed E-state index contributed by atoms with van der Waals surface area (Å²) in [6.45, 7) is 0. The molecule has 0 spiro atoms. The predicted octanol–water partition coefficient (Wildman–Crippen LogP) is 6.53. The van der Waals surface area contributed by atoms with Crippen LogP contribution in [0.4, 0.5) is 0 Å². The number of allylic oxidation sites excluding steroid dienone is 1. The van der Waals surface area contributed by atoms with Crippen molar-refractivity contribution in [2.75, 3.05) is 0 Å². The second-order valence-corrected chi connectivity index (χ2v) is 8.56. The van der Waals surface area contributed by atoms with Gasteiger partial charge in [0.2, 0.25) is 0 Å². The molecule has 0 saturated carbocycles. The van der Waals surface area contributed by atoms with Gasteiger partial charge in [-0.3, -0.25) is 14.5 Å². The first kappa shape index (κ1) is 18.3. The minimum atomic E-state index is 0.144. The molecule has 0 bridgehead atoms. The highest BCUT2D eigenvalue weighted by Crippen LogP contribution is 2.49. The first-order valence-corrected chi connectivity index (χ1v) is 11.2. The fraction of sp³-hybridized carbons (Fsp3) is 0.0690. The Morgan fingerprint density at radius 2 is 1.64 bits per heavy atom. The maximum Gasteiger partial charge on any atom is 0.145 e. The zero-order valence-electron chi connectivity index (χ0n) is 17.8. The van der Waals surface area contributed by atoms with Crippen molar-refractivity contribution in [3.8, 4) is 28.3 Å². The number of pyridine rings is 1. The highest BCUT2D eigenvalue weighted by atomic mass is 15.1. The molecule has 4 heteroatoms. The first-order chi connectivity index (χ1) is 16.4. The van der Waals surface area contributed by atoms with Crippen LogP contribution in [0.15, 0.2) is 109 Å². The van der Waals surface area contributed by atoms with Gasteiger partial charge in [-0.25, -0.2) is 4.98 Å². The third kappa shape index (κ3) is 2.74. The van der Waals surface area contributed by atoms with E-state index in [0.717, 1.165) is 28.3 Å². The van der Waals surface area contributed by atoms with Crippen molar-refractivity contribution in [2.45, 2.75) is 11.8 Å². The molecule has 0 fully saturated rings. The second kappa shape index (κ2) is 7.10. The summed E-state index contributed by atoms with van der Waals surface area (Å²) in [5.74, 6) is 1.24. The summed E-state index contributed by atoms with van der Waals surface area (Å²) < 4.78 is 2.35. The van der Waals surface area contributed by atoms with Gasteiger partial charge in [0.15, 0.2) is 0 Å². The normalized spacial score (nSPS) is 18.1. The Balaban J connectivity index is 1.58. The fourth-order valence-corrected chi connectivity index (χ4v) is 5.22. The van der Waals surface area contributed by atoms with E-state index in [4.69, 9.17) is 4.98 Å². The van der Waals surface area contributed by atoms with Crippen molar-refractivity contribution in [3.05, 3.63) is 115 Å². The lowest BCUT2D eigenvalue weighted by Gasteiger charge is -2.31. The van der Waals surface area contributed by atoms with Crippen molar-refractivity contribution in [1.82, 2.24) is 14.5 Å². The lowest BCUT2D eigenvalue weighted by Crippen LogP contribution is -2.21. The summed E-state index contributed by atoms with van der Waals surface area (Å²) >= 11 is 0. The van der Waals surface area contributed by atoms with Crippen LogP contribution in [0.3, 0.4) is 0 Å². The lowest BCUT2D eigenvalue weighted by atomic mass is 9.76. The molecule has 33 heavy (non-hydrogen) atoms. The van der Waals surface area contributed by atoms with Crippen molar-refractivity contribution in [3.63, 3.8) is 0 Å². The van der Waals surface area contributed by atoms with Gasteiger partial charge in [0.05, 0.1) is 11.4 Å². The number of fused-ring (bicyclic) bond motifs is 7. The van der Waals surface area contributed by atoms with Gasteiger partial charge in [0.1, 0.15) is 5.82 Å². The monoisotopic (exact) mass is 424 g/mol. The Kier molecular flexibility index (Phi) is 3.94. The van der Waals surface area contributed by atoms with Crippen LogP contribution in [-0.2, 0) is 0 Å². The van der Waals surface area contributed by atoms with Crippen LogP contribution in [0.5, 0.6) is 0 Å². The van der Waals surface area contributed by atoms with Crippen LogP contribution >= 0.6 is 0 Å². The summed E-state index contributed by atoms with van der Waals surface area (Å²) in [5.41, 5.74) is 6.77. The zero-order valence-corrected chi connectivity index (χ0v) is 17.8. The van der Waals surface area contributed by atoms with Crippen LogP contribution in [-0.4, -0.2) is 20.7 Å². The van der Waals surface area contributed by atoms with E-state index in [1.165, 1.54) is 22.0 Å². The molecule has 2 unspecified atom stereocenters. The van der Waals surface area contributed by atoms with Crippen LogP contribution in [0.1, 0.15) is 23.1 Å². The molecule has 2 aromatic heterocycles. The number of hydrogen-bond donors (Lipinski definition) is 0. The summed E-state index contributed by atoms with van der Waals surface area (Å²) in [6.07, 6.45) is 9.99. The topological polar surface area (TPSA) is 43.1 Å². The molecular formula is C29H20N4. The molecule has 0 radical (unpaired) electrons. The van der Waals surface area contributed by atoms with E-state index in [1.54, 1.807) is 0 Å². The van der Waals surface area contributed by atoms with Crippen molar-refractivity contribution in [1.29, 1.82) is 0 Å². The zero-order chi connectivity index (χ0) is 21.8. The molecule has 1 aliphatic carbocycles. The van der Waals surface area contributed by atoms with E-state index in [9.17, 15) is 0 Å². The highest BCUT2D eigenvalue weighted by Gasteiger charge is 2.38. The third-order valence-corrected chi connectivity index (χ3v) is 6.73. The maximum absolute atomic E-state index is 5.27. The molecule has 3 heterocycles. The lowest BCUT2D eigenvalue weighted by molar-refractivity contribution is 0.714. The SMILES string of the molecule is C1=CC2c3c(nc(-c4ccccc4)n3-c3ccc4ccccc4c3)-c3ccncc3C2C=N1. The van der Waals surface area contributed by atoms with Gasteiger partial charge >= 0.3 is 0 Å². The second-order valence-electron chi connectivity index (χ2n) is 8.56. The Bertz CT molecular complexity index is 1580. The van der Waals surface area contributed by atoms with Crippen molar-refractivity contribution >= 4 is 17.0 Å². The number of imidazole rings is 1. The van der Waals surface area contributed by atoms with Gasteiger partial charge in [-0.05, 0) is 34.5 Å². The first-order valence-electron chi connectivity index (χ1n) is 11.2. The molecule has 4 nitrogen and oxygen atoms in total. The molecule has 0 saturated heterocycles. The minimum Gasteiger partial charge on any atom is -0.295 e. The van der Waals surface area contributed by atoms with E-state index in [-0.39, 0.29) is 11.8 Å². The van der Waals surface area contributed by atoms with Gasteiger partial charge in [-0.1, -0.05) is 66.7 Å². The molecule has 156 valence electrons. The standard InChI is InChI=1S/C29H20N4/c1-2-7-20(8-3-1)29-32-27-23-12-14-30-17-25(23)26-18-31-15-13-24(26)28(27)33(29)22-11-10-19-6-4-5-9-21(19)16-22/h1-18,24,26H. The van der Waals surface area contributed by atoms with Gasteiger partial charge in [-0.2, -0.15) is 0 Å². The van der Waals surface area contributed by atoms with Gasteiger partial charge in [0, 0.05) is 53.5 Å². The third-order valence-electron chi connectivity index (χ3n) is 6.73. The van der Waals surface area contributed by atoms with Gasteiger partial charge in [-0.15, -0.1) is 0 Å². The number of aromatic nitrogens is 3. The van der Waals surface area contributed by atoms with Gasteiger partial charge in [0.25, 0.3) is 0 Å². The number of benzene rings is 3. The fourth-order valence-electron chi connectivity index (χ4n) is 5.22. The summed E-state index contributed by atoms with van der Waals surface area (Å²) in [5, 5.41) is 2.45. The van der Waals surface area contributed by atoms with E-state index in [1.807, 2.05) is 30.9 Å². The molecule has 2 aliphatic rings. The highest BCUT2D eigenvalue weighted by molar-refractivity contribution is 5.87.